The van der Waals surface area contributed by atoms with Gasteiger partial charge in [0.15, 0.2) is 0 Å². The predicted octanol–water partition coefficient (Wildman–Crippen LogP) is 2.68. The highest BCUT2D eigenvalue weighted by molar-refractivity contribution is 9.10. The molecule has 0 aliphatic rings. The van der Waals surface area contributed by atoms with E-state index in [0.29, 0.717) is 20.8 Å². The highest BCUT2D eigenvalue weighted by Gasteiger charge is 2.09. The Labute approximate surface area is 88.3 Å². The fourth-order valence-electron chi connectivity index (χ4n) is 0.857. The molecule has 0 amide bonds. The summed E-state index contributed by atoms with van der Waals surface area (Å²) in [6, 6.07) is 0. The van der Waals surface area contributed by atoms with Crippen molar-refractivity contribution in [1.29, 1.82) is 0 Å². The van der Waals surface area contributed by atoms with Gasteiger partial charge in [0, 0.05) is 16.8 Å². The lowest BCUT2D eigenvalue weighted by atomic mass is 10.2. The van der Waals surface area contributed by atoms with Crippen LogP contribution in [-0.4, -0.2) is 11.7 Å². The Balaban J connectivity index is 3.56. The number of hydrogen-bond donors (Lipinski definition) is 1. The largest absolute Gasteiger partial charge is 0.327 e. The number of nitrogens with zero attached hydrogens (tertiary/aromatic N) is 1. The molecule has 0 aliphatic carbocycles. The third-order valence-corrected chi connectivity index (χ3v) is 2.40. The van der Waals surface area contributed by atoms with Crippen molar-refractivity contribution in [3.05, 3.63) is 33.2 Å². The Morgan fingerprint density at radius 2 is 2.31 bits per heavy atom. The third kappa shape index (κ3) is 1.89. The molecule has 0 radical (unpaired) electrons. The van der Waals surface area contributed by atoms with Gasteiger partial charge in [-0.15, -0.1) is 0 Å². The summed E-state index contributed by atoms with van der Waals surface area (Å²) in [5.41, 5.74) is 0.691. The van der Waals surface area contributed by atoms with Crippen molar-refractivity contribution in [2.24, 2.45) is 4.99 Å². The minimum absolute atomic E-state index is 0.274. The van der Waals surface area contributed by atoms with Crippen LogP contribution < -0.4 is 5.56 Å². The van der Waals surface area contributed by atoms with Crippen molar-refractivity contribution in [3.8, 4) is 0 Å². The van der Waals surface area contributed by atoms with Crippen molar-refractivity contribution in [3.63, 3.8) is 0 Å². The van der Waals surface area contributed by atoms with E-state index in [4.69, 9.17) is 11.6 Å². The number of pyridine rings is 1. The van der Waals surface area contributed by atoms with Gasteiger partial charge >= 0.3 is 0 Å². The fourth-order valence-corrected chi connectivity index (χ4v) is 1.45. The molecule has 1 heterocycles. The van der Waals surface area contributed by atoms with Crippen molar-refractivity contribution in [2.75, 3.05) is 0 Å². The van der Waals surface area contributed by atoms with Crippen LogP contribution in [0.15, 0.2) is 27.0 Å². The second-order valence-electron chi connectivity index (χ2n) is 2.26. The maximum atomic E-state index is 11.1. The average Bonchev–Trinajstić information content (AvgIpc) is 2.09. The first-order valence-electron chi connectivity index (χ1n) is 3.30. The zero-order chi connectivity index (χ0) is 10.0. The van der Waals surface area contributed by atoms with E-state index in [1.54, 1.807) is 0 Å². The number of halogens is 2. The number of rotatable bonds is 2. The Hall–Kier alpha value is -0.870. The number of H-pyrrole nitrogens is 1. The summed E-state index contributed by atoms with van der Waals surface area (Å²) < 4.78 is 0.307. The molecule has 1 aromatic heterocycles. The van der Waals surface area contributed by atoms with Crippen LogP contribution in [0, 0.1) is 0 Å². The SMILES string of the molecule is C=Nc1c(C(=C)Cl)c[nH]c(=O)c1Br. The van der Waals surface area contributed by atoms with Crippen LogP contribution >= 0.6 is 27.5 Å². The van der Waals surface area contributed by atoms with Crippen LogP contribution in [0.3, 0.4) is 0 Å². The van der Waals surface area contributed by atoms with Crippen molar-refractivity contribution >= 4 is 45.0 Å². The Kier molecular flexibility index (Phi) is 3.06. The molecule has 3 nitrogen and oxygen atoms in total. The molecule has 0 bridgehead atoms. The molecule has 1 rings (SSSR count). The van der Waals surface area contributed by atoms with Gasteiger partial charge in [-0.3, -0.25) is 9.79 Å². The third-order valence-electron chi connectivity index (χ3n) is 1.46. The summed E-state index contributed by atoms with van der Waals surface area (Å²) in [5.74, 6) is 0. The van der Waals surface area contributed by atoms with Crippen molar-refractivity contribution in [1.82, 2.24) is 4.98 Å². The van der Waals surface area contributed by atoms with Crippen LogP contribution in [-0.2, 0) is 0 Å². The van der Waals surface area contributed by atoms with E-state index >= 15 is 0 Å². The van der Waals surface area contributed by atoms with E-state index in [-0.39, 0.29) is 5.56 Å². The standard InChI is InChI=1S/C8H6BrClN2O/c1-4(10)5-3-12-8(13)6(9)7(5)11-2/h3H,1-2H2,(H,12,13). The summed E-state index contributed by atoms with van der Waals surface area (Å²) in [7, 11) is 0. The fraction of sp³-hybridized carbons (Fsp3) is 0. The van der Waals surface area contributed by atoms with Gasteiger partial charge in [0.1, 0.15) is 4.47 Å². The van der Waals surface area contributed by atoms with Gasteiger partial charge in [-0.2, -0.15) is 0 Å². The first-order chi connectivity index (χ1) is 6.07. The Morgan fingerprint density at radius 1 is 1.69 bits per heavy atom. The molecule has 68 valence electrons. The van der Waals surface area contributed by atoms with Crippen LogP contribution in [0.4, 0.5) is 5.69 Å². The summed E-state index contributed by atoms with van der Waals surface area (Å²) in [6.45, 7) is 6.88. The minimum atomic E-state index is -0.274. The molecule has 13 heavy (non-hydrogen) atoms. The lowest BCUT2D eigenvalue weighted by molar-refractivity contribution is 1.20. The van der Waals surface area contributed by atoms with Crippen LogP contribution in [0.5, 0.6) is 0 Å². The molecule has 0 unspecified atom stereocenters. The van der Waals surface area contributed by atoms with E-state index < -0.39 is 0 Å². The van der Waals surface area contributed by atoms with Gasteiger partial charge in [0.05, 0.1) is 5.69 Å². The predicted molar refractivity (Wildman–Crippen MR) is 58.9 cm³/mol. The molecule has 0 atom stereocenters. The molecule has 5 heteroatoms. The quantitative estimate of drug-likeness (QED) is 0.817. The second kappa shape index (κ2) is 3.89. The van der Waals surface area contributed by atoms with E-state index in [9.17, 15) is 4.79 Å². The van der Waals surface area contributed by atoms with E-state index in [1.165, 1.54) is 6.20 Å². The molecular weight excluding hydrogens is 255 g/mol. The van der Waals surface area contributed by atoms with Gasteiger partial charge in [-0.05, 0) is 22.6 Å². The van der Waals surface area contributed by atoms with E-state index in [1.807, 2.05) is 0 Å². The number of aromatic amines is 1. The number of nitrogens with one attached hydrogen (secondary N) is 1. The Bertz CT molecular complexity index is 425. The highest BCUT2D eigenvalue weighted by atomic mass is 79.9. The maximum absolute atomic E-state index is 11.1. The average molecular weight is 262 g/mol. The maximum Gasteiger partial charge on any atom is 0.264 e. The second-order valence-corrected chi connectivity index (χ2v) is 3.51. The molecular formula is C8H6BrClN2O. The zero-order valence-corrected chi connectivity index (χ0v) is 8.94. The molecule has 0 fully saturated rings. The molecule has 0 saturated carbocycles. The highest BCUT2D eigenvalue weighted by Crippen LogP contribution is 2.31. The molecule has 0 aromatic carbocycles. The van der Waals surface area contributed by atoms with Crippen molar-refractivity contribution in [2.45, 2.75) is 0 Å². The van der Waals surface area contributed by atoms with Gasteiger partial charge in [-0.25, -0.2) is 0 Å². The summed E-state index contributed by atoms with van der Waals surface area (Å²) in [4.78, 5) is 17.3. The summed E-state index contributed by atoms with van der Waals surface area (Å²) in [6.07, 6.45) is 1.45. The van der Waals surface area contributed by atoms with Crippen molar-refractivity contribution < 1.29 is 0 Å². The van der Waals surface area contributed by atoms with Crippen LogP contribution in [0.1, 0.15) is 5.56 Å². The molecule has 1 N–H and O–H groups in total. The van der Waals surface area contributed by atoms with E-state index in [2.05, 4.69) is 39.2 Å². The molecule has 1 aromatic rings. The van der Waals surface area contributed by atoms with Crippen LogP contribution in [0.25, 0.3) is 5.03 Å². The smallest absolute Gasteiger partial charge is 0.264 e. The van der Waals surface area contributed by atoms with Crippen LogP contribution in [0.2, 0.25) is 0 Å². The monoisotopic (exact) mass is 260 g/mol. The Morgan fingerprint density at radius 3 is 2.77 bits per heavy atom. The first-order valence-corrected chi connectivity index (χ1v) is 4.47. The lowest BCUT2D eigenvalue weighted by Gasteiger charge is -2.03. The summed E-state index contributed by atoms with van der Waals surface area (Å²) in [5, 5.41) is 0.305. The van der Waals surface area contributed by atoms with Gasteiger partial charge in [-0.1, -0.05) is 18.2 Å². The number of hydrogen-bond acceptors (Lipinski definition) is 2. The first kappa shape index (κ1) is 10.2. The lowest BCUT2D eigenvalue weighted by Crippen LogP contribution is -2.06. The number of aliphatic imine (C=N–C) groups is 1. The van der Waals surface area contributed by atoms with E-state index in [0.717, 1.165) is 0 Å². The molecule has 0 saturated heterocycles. The van der Waals surface area contributed by atoms with Gasteiger partial charge in [0.25, 0.3) is 5.56 Å². The molecule has 0 spiro atoms. The van der Waals surface area contributed by atoms with Gasteiger partial charge in [0.2, 0.25) is 0 Å². The molecule has 0 aliphatic heterocycles. The minimum Gasteiger partial charge on any atom is -0.327 e. The normalized spacial score (nSPS) is 9.69. The number of aromatic nitrogens is 1. The topological polar surface area (TPSA) is 45.2 Å². The van der Waals surface area contributed by atoms with Gasteiger partial charge < -0.3 is 4.98 Å². The zero-order valence-electron chi connectivity index (χ0n) is 6.60. The summed E-state index contributed by atoms with van der Waals surface area (Å²) >= 11 is 8.77.